The van der Waals surface area contributed by atoms with Crippen LogP contribution in [0.1, 0.15) is 51.9 Å². The van der Waals surface area contributed by atoms with Gasteiger partial charge in [-0.1, -0.05) is 39.0 Å². The average molecular weight is 276 g/mol. The van der Waals surface area contributed by atoms with Crippen LogP contribution >= 0.6 is 0 Å². The van der Waals surface area contributed by atoms with Crippen LogP contribution in [0.2, 0.25) is 0 Å². The summed E-state index contributed by atoms with van der Waals surface area (Å²) in [6.45, 7) is 11.1. The summed E-state index contributed by atoms with van der Waals surface area (Å²) in [4.78, 5) is 24.7. The fourth-order valence-electron chi connectivity index (χ4n) is 1.50. The van der Waals surface area contributed by atoms with E-state index >= 15 is 0 Å². The molecule has 0 fully saturated rings. The molecule has 0 spiro atoms. The number of benzene rings is 1. The van der Waals surface area contributed by atoms with Crippen molar-refractivity contribution in [3.8, 4) is 0 Å². The summed E-state index contributed by atoms with van der Waals surface area (Å²) in [6.07, 6.45) is 0. The number of hydrogen-bond donors (Lipinski definition) is 1. The SMILES string of the molecule is CC(C)(C)C(=O)NN(C(=O)c1ccccc1)C(C)(C)C. The van der Waals surface area contributed by atoms with Crippen LogP contribution in [0.3, 0.4) is 0 Å². The van der Waals surface area contributed by atoms with Crippen molar-refractivity contribution < 1.29 is 9.59 Å². The predicted octanol–water partition coefficient (Wildman–Crippen LogP) is 3.00. The van der Waals surface area contributed by atoms with E-state index in [1.165, 1.54) is 5.01 Å². The number of rotatable bonds is 1. The highest BCUT2D eigenvalue weighted by atomic mass is 16.2. The van der Waals surface area contributed by atoms with E-state index in [1.807, 2.05) is 47.6 Å². The number of amides is 2. The van der Waals surface area contributed by atoms with E-state index in [0.717, 1.165) is 0 Å². The van der Waals surface area contributed by atoms with Gasteiger partial charge in [0.25, 0.3) is 5.91 Å². The van der Waals surface area contributed by atoms with E-state index in [2.05, 4.69) is 5.43 Å². The molecule has 110 valence electrons. The molecule has 0 aromatic heterocycles. The zero-order valence-corrected chi connectivity index (χ0v) is 13.2. The number of hydrazine groups is 1. The first-order chi connectivity index (χ1) is 9.03. The van der Waals surface area contributed by atoms with Gasteiger partial charge in [-0.3, -0.25) is 15.0 Å². The lowest BCUT2D eigenvalue weighted by Gasteiger charge is -2.37. The second-order valence-electron chi connectivity index (χ2n) is 6.87. The minimum Gasteiger partial charge on any atom is -0.273 e. The van der Waals surface area contributed by atoms with E-state index in [0.29, 0.717) is 5.56 Å². The molecule has 2 amide bonds. The normalized spacial score (nSPS) is 11.9. The molecule has 0 saturated carbocycles. The van der Waals surface area contributed by atoms with E-state index < -0.39 is 11.0 Å². The molecule has 0 saturated heterocycles. The molecule has 0 atom stereocenters. The molecule has 0 aliphatic carbocycles. The van der Waals surface area contributed by atoms with Crippen LogP contribution in [-0.2, 0) is 4.79 Å². The molecule has 1 rings (SSSR count). The fraction of sp³-hybridized carbons (Fsp3) is 0.500. The van der Waals surface area contributed by atoms with Crippen molar-refractivity contribution in [2.24, 2.45) is 5.41 Å². The van der Waals surface area contributed by atoms with Crippen LogP contribution in [0.4, 0.5) is 0 Å². The molecular formula is C16H24N2O2. The maximum absolute atomic E-state index is 12.6. The summed E-state index contributed by atoms with van der Waals surface area (Å²) in [5.41, 5.74) is 2.23. The van der Waals surface area contributed by atoms with Crippen LogP contribution in [0.5, 0.6) is 0 Å². The third-order valence-electron chi connectivity index (χ3n) is 2.79. The van der Waals surface area contributed by atoms with Crippen molar-refractivity contribution in [3.05, 3.63) is 35.9 Å². The number of carbonyl (C=O) groups excluding carboxylic acids is 2. The minimum absolute atomic E-state index is 0.184. The Morgan fingerprint density at radius 3 is 1.85 bits per heavy atom. The van der Waals surface area contributed by atoms with Gasteiger partial charge >= 0.3 is 0 Å². The molecule has 4 heteroatoms. The second kappa shape index (κ2) is 5.65. The van der Waals surface area contributed by atoms with Crippen molar-refractivity contribution in [3.63, 3.8) is 0 Å². The Hall–Kier alpha value is -1.84. The molecule has 4 nitrogen and oxygen atoms in total. The molecule has 1 aromatic carbocycles. The first-order valence-corrected chi connectivity index (χ1v) is 6.74. The highest BCUT2D eigenvalue weighted by Gasteiger charge is 2.32. The molecule has 20 heavy (non-hydrogen) atoms. The zero-order valence-electron chi connectivity index (χ0n) is 13.2. The molecule has 0 heterocycles. The van der Waals surface area contributed by atoms with Gasteiger partial charge < -0.3 is 0 Å². The van der Waals surface area contributed by atoms with E-state index in [4.69, 9.17) is 0 Å². The lowest BCUT2D eigenvalue weighted by atomic mass is 9.96. The van der Waals surface area contributed by atoms with Gasteiger partial charge in [0.05, 0.1) is 5.54 Å². The average Bonchev–Trinajstić information content (AvgIpc) is 2.33. The monoisotopic (exact) mass is 276 g/mol. The largest absolute Gasteiger partial charge is 0.273 e. The van der Waals surface area contributed by atoms with Crippen LogP contribution in [0.15, 0.2) is 30.3 Å². The fourth-order valence-corrected chi connectivity index (χ4v) is 1.50. The van der Waals surface area contributed by atoms with Crippen molar-refractivity contribution in [1.82, 2.24) is 10.4 Å². The van der Waals surface area contributed by atoms with Crippen LogP contribution in [0.25, 0.3) is 0 Å². The van der Waals surface area contributed by atoms with Gasteiger partial charge in [0, 0.05) is 11.0 Å². The molecule has 0 radical (unpaired) electrons. The van der Waals surface area contributed by atoms with Gasteiger partial charge in [-0.2, -0.15) is 0 Å². The Labute approximate surface area is 121 Å². The smallest absolute Gasteiger partial charge is 0.272 e. The zero-order chi connectivity index (χ0) is 15.6. The van der Waals surface area contributed by atoms with E-state index in [-0.39, 0.29) is 11.8 Å². The van der Waals surface area contributed by atoms with Crippen LogP contribution < -0.4 is 5.43 Å². The number of hydrogen-bond acceptors (Lipinski definition) is 2. The summed E-state index contributed by atoms with van der Waals surface area (Å²) in [5, 5.41) is 1.40. The predicted molar refractivity (Wildman–Crippen MR) is 80.0 cm³/mol. The molecule has 0 bridgehead atoms. The molecule has 0 unspecified atom stereocenters. The maximum atomic E-state index is 12.6. The first-order valence-electron chi connectivity index (χ1n) is 6.74. The Balaban J connectivity index is 3.03. The van der Waals surface area contributed by atoms with Crippen LogP contribution in [-0.4, -0.2) is 22.4 Å². The summed E-state index contributed by atoms with van der Waals surface area (Å²) in [5.74, 6) is -0.396. The van der Waals surface area contributed by atoms with Crippen molar-refractivity contribution in [2.75, 3.05) is 0 Å². The second-order valence-corrected chi connectivity index (χ2v) is 6.87. The lowest BCUT2D eigenvalue weighted by Crippen LogP contribution is -2.57. The highest BCUT2D eigenvalue weighted by Crippen LogP contribution is 2.18. The van der Waals surface area contributed by atoms with E-state index in [1.54, 1.807) is 24.3 Å². The van der Waals surface area contributed by atoms with E-state index in [9.17, 15) is 9.59 Å². The van der Waals surface area contributed by atoms with Crippen LogP contribution in [0, 0.1) is 5.41 Å². The maximum Gasteiger partial charge on any atom is 0.272 e. The Morgan fingerprint density at radius 1 is 0.950 bits per heavy atom. The van der Waals surface area contributed by atoms with Gasteiger partial charge in [-0.25, -0.2) is 5.01 Å². The number of carbonyl (C=O) groups is 2. The molecule has 1 N–H and O–H groups in total. The molecule has 0 aliphatic rings. The standard InChI is InChI=1S/C16H24N2O2/c1-15(2,3)14(20)17-18(16(4,5)6)13(19)12-10-8-7-9-11-12/h7-11H,1-6H3,(H,17,20). The van der Waals surface area contributed by atoms with Gasteiger partial charge in [0.1, 0.15) is 0 Å². The molecular weight excluding hydrogens is 252 g/mol. The van der Waals surface area contributed by atoms with Crippen molar-refractivity contribution in [1.29, 1.82) is 0 Å². The number of nitrogens with one attached hydrogen (secondary N) is 1. The summed E-state index contributed by atoms with van der Waals surface area (Å²) in [6, 6.07) is 8.94. The topological polar surface area (TPSA) is 49.4 Å². The quantitative estimate of drug-likeness (QED) is 0.802. The third-order valence-corrected chi connectivity index (χ3v) is 2.79. The molecule has 0 aliphatic heterocycles. The first kappa shape index (κ1) is 16.2. The summed E-state index contributed by atoms with van der Waals surface area (Å²) >= 11 is 0. The van der Waals surface area contributed by atoms with Gasteiger partial charge in [0.2, 0.25) is 5.91 Å². The Morgan fingerprint density at radius 2 is 1.45 bits per heavy atom. The van der Waals surface area contributed by atoms with Crippen molar-refractivity contribution in [2.45, 2.75) is 47.1 Å². The lowest BCUT2D eigenvalue weighted by molar-refractivity contribution is -0.134. The highest BCUT2D eigenvalue weighted by molar-refractivity contribution is 5.96. The Bertz CT molecular complexity index is 481. The minimum atomic E-state index is -0.555. The van der Waals surface area contributed by atoms with Gasteiger partial charge in [-0.15, -0.1) is 0 Å². The van der Waals surface area contributed by atoms with Gasteiger partial charge in [-0.05, 0) is 32.9 Å². The van der Waals surface area contributed by atoms with Crippen molar-refractivity contribution >= 4 is 11.8 Å². The Kier molecular flexibility index (Phi) is 4.58. The molecule has 1 aromatic rings. The third kappa shape index (κ3) is 4.08. The number of nitrogens with zero attached hydrogens (tertiary/aromatic N) is 1. The summed E-state index contributed by atoms with van der Waals surface area (Å²) in [7, 11) is 0. The van der Waals surface area contributed by atoms with Gasteiger partial charge in [0.15, 0.2) is 0 Å². The summed E-state index contributed by atoms with van der Waals surface area (Å²) < 4.78 is 0.